The van der Waals surface area contributed by atoms with Crippen molar-refractivity contribution >= 4 is 17.8 Å². The number of allylic oxidation sites excluding steroid dienone is 2. The number of hydrogen-bond acceptors (Lipinski definition) is 8. The summed E-state index contributed by atoms with van der Waals surface area (Å²) in [6, 6.07) is -1.10. The minimum absolute atomic E-state index is 0.0160. The molecule has 2 bridgehead atoms. The van der Waals surface area contributed by atoms with Gasteiger partial charge < -0.3 is 29.9 Å². The van der Waals surface area contributed by atoms with E-state index in [1.165, 1.54) is 24.7 Å². The lowest BCUT2D eigenvalue weighted by molar-refractivity contribution is -0.155. The van der Waals surface area contributed by atoms with Gasteiger partial charge in [0.25, 0.3) is 5.91 Å². The number of cyclic esters (lactones) is 1. The maximum Gasteiger partial charge on any atom is 0.329 e. The number of rotatable bonds is 3. The van der Waals surface area contributed by atoms with Crippen molar-refractivity contribution in [1.82, 2.24) is 25.6 Å². The Bertz CT molecular complexity index is 1250. The molecule has 41 heavy (non-hydrogen) atoms. The molecule has 2 amide bonds. The summed E-state index contributed by atoms with van der Waals surface area (Å²) in [5.74, 6) is -2.14. The molecular formula is C29H38FN5O6. The largest absolute Gasteiger partial charge is 0.460 e. The molecule has 0 aromatic carbocycles. The summed E-state index contributed by atoms with van der Waals surface area (Å²) in [7, 11) is 0. The maximum atomic E-state index is 14.7. The van der Waals surface area contributed by atoms with Gasteiger partial charge in [0.1, 0.15) is 24.6 Å². The first kappa shape index (κ1) is 31.5. The van der Waals surface area contributed by atoms with E-state index in [2.05, 4.69) is 25.6 Å². The van der Waals surface area contributed by atoms with E-state index in [1.807, 2.05) is 20.8 Å². The molecule has 12 heteroatoms. The van der Waals surface area contributed by atoms with Crippen molar-refractivity contribution in [2.45, 2.75) is 71.4 Å². The Hall–Kier alpha value is -4.06. The van der Waals surface area contributed by atoms with Gasteiger partial charge in [0.15, 0.2) is 11.6 Å². The number of ether oxygens (including phenoxy) is 1. The van der Waals surface area contributed by atoms with E-state index in [1.54, 1.807) is 25.2 Å². The highest BCUT2D eigenvalue weighted by Crippen LogP contribution is 2.20. The van der Waals surface area contributed by atoms with Crippen molar-refractivity contribution in [3.8, 4) is 0 Å². The average Bonchev–Trinajstić information content (AvgIpc) is 3.59. The third kappa shape index (κ3) is 10.1. The number of carbonyl (C=O) groups is 3. The molecule has 0 spiro atoms. The van der Waals surface area contributed by atoms with Gasteiger partial charge in [-0.2, -0.15) is 0 Å². The molecule has 4 N–H and O–H groups in total. The highest BCUT2D eigenvalue weighted by atomic mass is 19.1. The summed E-state index contributed by atoms with van der Waals surface area (Å²) >= 11 is 0. The van der Waals surface area contributed by atoms with Gasteiger partial charge in [-0.1, -0.05) is 50.6 Å². The molecule has 0 unspecified atom stereocenters. The predicted molar refractivity (Wildman–Crippen MR) is 148 cm³/mol. The van der Waals surface area contributed by atoms with Crippen LogP contribution in [0.5, 0.6) is 0 Å². The van der Waals surface area contributed by atoms with E-state index in [-0.39, 0.29) is 55.1 Å². The third-order valence-electron chi connectivity index (χ3n) is 6.46. The van der Waals surface area contributed by atoms with Crippen LogP contribution in [0.3, 0.4) is 0 Å². The van der Waals surface area contributed by atoms with Crippen molar-refractivity contribution in [3.63, 3.8) is 0 Å². The van der Waals surface area contributed by atoms with Crippen molar-refractivity contribution in [2.24, 2.45) is 11.8 Å². The number of esters is 1. The lowest BCUT2D eigenvalue weighted by Crippen LogP contribution is -2.46. The van der Waals surface area contributed by atoms with Gasteiger partial charge in [0.2, 0.25) is 5.91 Å². The second-order valence-electron chi connectivity index (χ2n) is 10.5. The topological polar surface area (TPSA) is 159 Å². The number of nitrogens with one attached hydrogen (secondary N) is 3. The second-order valence-corrected chi connectivity index (χ2v) is 10.5. The molecule has 1 aliphatic heterocycles. The number of hydrogen-bond donors (Lipinski definition) is 4. The van der Waals surface area contributed by atoms with Crippen molar-refractivity contribution in [1.29, 1.82) is 0 Å². The summed E-state index contributed by atoms with van der Waals surface area (Å²) in [5.41, 5.74) is 1.16. The van der Waals surface area contributed by atoms with Crippen LogP contribution in [0.4, 0.5) is 4.39 Å². The van der Waals surface area contributed by atoms with Crippen LogP contribution >= 0.6 is 0 Å². The zero-order chi connectivity index (χ0) is 29.9. The number of aromatic nitrogens is 3. The predicted octanol–water partition coefficient (Wildman–Crippen LogP) is 2.76. The fourth-order valence-electron chi connectivity index (χ4n) is 4.39. The quantitative estimate of drug-likeness (QED) is 0.409. The first-order chi connectivity index (χ1) is 19.5. The van der Waals surface area contributed by atoms with Crippen molar-refractivity contribution in [2.75, 3.05) is 6.54 Å². The highest BCUT2D eigenvalue weighted by molar-refractivity contribution is 5.95. The number of amides is 2. The van der Waals surface area contributed by atoms with Crippen LogP contribution in [-0.2, 0) is 27.2 Å². The summed E-state index contributed by atoms with van der Waals surface area (Å²) in [4.78, 5) is 49.6. The van der Waals surface area contributed by atoms with E-state index in [9.17, 15) is 23.9 Å². The number of aromatic amines is 1. The van der Waals surface area contributed by atoms with Crippen molar-refractivity contribution in [3.05, 3.63) is 72.0 Å². The van der Waals surface area contributed by atoms with Crippen LogP contribution in [0.15, 0.2) is 59.2 Å². The van der Waals surface area contributed by atoms with Crippen LogP contribution in [0.2, 0.25) is 0 Å². The molecule has 3 rings (SSSR count). The molecule has 0 fully saturated rings. The Kier molecular flexibility index (Phi) is 11.6. The normalized spacial score (nSPS) is 26.6. The van der Waals surface area contributed by atoms with Gasteiger partial charge >= 0.3 is 5.97 Å². The van der Waals surface area contributed by atoms with E-state index in [0.29, 0.717) is 11.3 Å². The molecule has 11 nitrogen and oxygen atoms in total. The number of carbonyl (C=O) groups excluding carboxylic acids is 3. The molecule has 0 aliphatic carbocycles. The SMILES string of the molecule is CC1=C[C@@H](O)C[C@@H](F)Cc2nc(co2)C(=O)N[C@H](Cc2cnc[nH]2)C(=O)O[C@H](C(C)C)[C@H](C)/C=C/C(=O)NCC=C1. The van der Waals surface area contributed by atoms with Crippen molar-refractivity contribution < 1.29 is 33.0 Å². The standard InChI is InChI=1S/C29H38FN5O6/c1-17(2)27-19(4)7-8-25(37)32-9-5-6-18(3)10-22(36)11-20(30)12-26-34-24(15-40-26)28(38)35-23(29(39)41-27)13-21-14-31-16-33-21/h5-8,10,14-17,19-20,22-23,27,36H,9,11-13H2,1-4H3,(H,31,33)(H,32,37)(H,35,38)/b6-5?,8-7+,18-10?/t19-,20-,22-,23-,27-/m1/s1. The first-order valence-electron chi connectivity index (χ1n) is 13.6. The molecule has 0 saturated heterocycles. The van der Waals surface area contributed by atoms with E-state index in [4.69, 9.17) is 9.15 Å². The highest BCUT2D eigenvalue weighted by Gasteiger charge is 2.31. The molecule has 0 saturated carbocycles. The summed E-state index contributed by atoms with van der Waals surface area (Å²) < 4.78 is 25.8. The fraction of sp³-hybridized carbons (Fsp3) is 0.483. The Morgan fingerprint density at radius 1 is 1.22 bits per heavy atom. The zero-order valence-corrected chi connectivity index (χ0v) is 23.7. The summed E-state index contributed by atoms with van der Waals surface area (Å²) in [6.45, 7) is 7.62. The maximum absolute atomic E-state index is 14.7. The van der Waals surface area contributed by atoms with E-state index in [0.717, 1.165) is 6.26 Å². The van der Waals surface area contributed by atoms with Gasteiger partial charge in [0.05, 0.1) is 18.9 Å². The van der Waals surface area contributed by atoms with Crippen LogP contribution in [-0.4, -0.2) is 68.8 Å². The molecule has 0 radical (unpaired) electrons. The number of H-pyrrole nitrogens is 1. The van der Waals surface area contributed by atoms with Gasteiger partial charge in [-0.05, 0) is 18.9 Å². The number of aliphatic hydroxyl groups excluding tert-OH is 1. The van der Waals surface area contributed by atoms with E-state index < -0.39 is 36.3 Å². The monoisotopic (exact) mass is 571 g/mol. The number of alkyl halides is 1. The average molecular weight is 572 g/mol. The van der Waals surface area contributed by atoms with Gasteiger partial charge in [-0.3, -0.25) is 9.59 Å². The van der Waals surface area contributed by atoms with E-state index >= 15 is 0 Å². The molecule has 3 heterocycles. The Labute approximate surface area is 238 Å². The third-order valence-corrected chi connectivity index (χ3v) is 6.46. The second kappa shape index (κ2) is 15.1. The number of nitrogens with zero attached hydrogens (tertiary/aromatic N) is 2. The molecular weight excluding hydrogens is 533 g/mol. The number of oxazole rings is 1. The molecule has 222 valence electrons. The molecule has 2 aromatic heterocycles. The minimum atomic E-state index is -1.49. The van der Waals surface area contributed by atoms with Crippen LogP contribution in [0, 0.1) is 11.8 Å². The number of fused-ring (bicyclic) bond motifs is 2. The summed E-state index contributed by atoms with van der Waals surface area (Å²) in [5, 5.41) is 15.6. The number of aliphatic hydroxyl groups is 1. The van der Waals surface area contributed by atoms with Gasteiger partial charge in [-0.25, -0.2) is 19.2 Å². The lowest BCUT2D eigenvalue weighted by atomic mass is 9.94. The Morgan fingerprint density at radius 2 is 2.00 bits per heavy atom. The first-order valence-corrected chi connectivity index (χ1v) is 13.6. The molecule has 5 atom stereocenters. The van der Waals surface area contributed by atoms with Crippen LogP contribution in [0.25, 0.3) is 0 Å². The molecule has 2 aromatic rings. The van der Waals surface area contributed by atoms with Crippen LogP contribution in [0.1, 0.15) is 56.2 Å². The number of halogens is 1. The Morgan fingerprint density at radius 3 is 2.71 bits per heavy atom. The summed E-state index contributed by atoms with van der Waals surface area (Å²) in [6.07, 6.45) is 8.55. The zero-order valence-electron chi connectivity index (χ0n) is 23.7. The molecule has 1 aliphatic rings. The van der Waals surface area contributed by atoms with Gasteiger partial charge in [-0.15, -0.1) is 0 Å². The minimum Gasteiger partial charge on any atom is -0.460 e. The van der Waals surface area contributed by atoms with Crippen LogP contribution < -0.4 is 10.6 Å². The van der Waals surface area contributed by atoms with Gasteiger partial charge in [0, 0.05) is 37.2 Å². The smallest absolute Gasteiger partial charge is 0.329 e. The number of imidazole rings is 1. The lowest BCUT2D eigenvalue weighted by Gasteiger charge is -2.28. The Balaban J connectivity index is 1.87. The fourth-order valence-corrected chi connectivity index (χ4v) is 4.39.